The number of nitrogens with zero attached hydrogens (tertiary/aromatic N) is 3. The molecule has 3 rings (SSSR count). The van der Waals surface area contributed by atoms with Crippen molar-refractivity contribution in [2.75, 3.05) is 23.7 Å². The number of hydrogen-bond acceptors (Lipinski definition) is 3. The van der Waals surface area contributed by atoms with E-state index in [1.165, 1.54) is 17.0 Å². The normalized spacial score (nSPS) is 11.2. The molecule has 7 nitrogen and oxygen atoms in total. The second kappa shape index (κ2) is 10.2. The van der Waals surface area contributed by atoms with E-state index in [1.54, 1.807) is 41.9 Å². The van der Waals surface area contributed by atoms with E-state index in [2.05, 4.69) is 31.7 Å². The van der Waals surface area contributed by atoms with Gasteiger partial charge < -0.3 is 15.5 Å². The first-order valence-corrected chi connectivity index (χ1v) is 11.3. The lowest BCUT2D eigenvalue weighted by atomic mass is 9.92. The topological polar surface area (TPSA) is 79.3 Å². The van der Waals surface area contributed by atoms with Crippen LogP contribution in [0.25, 0.3) is 5.69 Å². The van der Waals surface area contributed by atoms with Crippen LogP contribution in [-0.2, 0) is 10.2 Å². The maximum absolute atomic E-state index is 13.4. The van der Waals surface area contributed by atoms with Gasteiger partial charge in [-0.25, -0.2) is 13.9 Å². The van der Waals surface area contributed by atoms with E-state index >= 15 is 0 Å². The fourth-order valence-corrected chi connectivity index (χ4v) is 3.47. The van der Waals surface area contributed by atoms with Gasteiger partial charge in [0.25, 0.3) is 0 Å². The lowest BCUT2D eigenvalue weighted by Crippen LogP contribution is -2.40. The van der Waals surface area contributed by atoms with E-state index in [9.17, 15) is 14.0 Å². The Balaban J connectivity index is 1.77. The molecule has 0 fully saturated rings. The van der Waals surface area contributed by atoms with Crippen molar-refractivity contribution in [2.45, 2.75) is 33.1 Å². The van der Waals surface area contributed by atoms with Gasteiger partial charge in [0.15, 0.2) is 0 Å². The minimum atomic E-state index is -0.381. The zero-order chi connectivity index (χ0) is 24.2. The van der Waals surface area contributed by atoms with Crippen LogP contribution in [0.15, 0.2) is 59.1 Å². The van der Waals surface area contributed by atoms with Crippen LogP contribution in [0.5, 0.6) is 0 Å². The first-order valence-electron chi connectivity index (χ1n) is 10.5. The van der Waals surface area contributed by atoms with Gasteiger partial charge in [0.05, 0.1) is 11.4 Å². The Bertz CT molecular complexity index is 1140. The zero-order valence-electron chi connectivity index (χ0n) is 19.0. The Kier molecular flexibility index (Phi) is 7.53. The van der Waals surface area contributed by atoms with Crippen LogP contribution in [0.2, 0.25) is 0 Å². The predicted octanol–water partition coefficient (Wildman–Crippen LogP) is 5.56. The second-order valence-corrected chi connectivity index (χ2v) is 9.47. The number of nitrogens with one attached hydrogen (secondary N) is 2. The molecule has 2 N–H and O–H groups in total. The molecular formula is C24H27BrFN5O2. The first kappa shape index (κ1) is 24.4. The molecular weight excluding hydrogens is 489 g/mol. The molecule has 0 aliphatic rings. The maximum Gasteiger partial charge on any atom is 0.322 e. The van der Waals surface area contributed by atoms with E-state index < -0.39 is 0 Å². The summed E-state index contributed by atoms with van der Waals surface area (Å²) in [6.45, 7) is 8.05. The fourth-order valence-electron chi connectivity index (χ4n) is 3.07. The maximum atomic E-state index is 13.4. The molecule has 0 aliphatic heterocycles. The minimum absolute atomic E-state index is 0.143. The lowest BCUT2D eigenvalue weighted by molar-refractivity contribution is -0.116. The molecule has 9 heteroatoms. The summed E-state index contributed by atoms with van der Waals surface area (Å²) in [4.78, 5) is 26.9. The van der Waals surface area contributed by atoms with Crippen molar-refractivity contribution in [3.63, 3.8) is 0 Å². The van der Waals surface area contributed by atoms with Gasteiger partial charge in [-0.1, -0.05) is 42.8 Å². The third kappa shape index (κ3) is 6.41. The van der Waals surface area contributed by atoms with Crippen molar-refractivity contribution >= 4 is 39.4 Å². The number of anilines is 2. The molecule has 0 saturated carbocycles. The number of aromatic nitrogens is 2. The fraction of sp³-hybridized carbons (Fsp3) is 0.292. The summed E-state index contributed by atoms with van der Waals surface area (Å²) in [7, 11) is 0. The Morgan fingerprint density at radius 3 is 2.39 bits per heavy atom. The van der Waals surface area contributed by atoms with Gasteiger partial charge in [-0.3, -0.25) is 4.79 Å². The van der Waals surface area contributed by atoms with Crippen LogP contribution < -0.4 is 10.6 Å². The Morgan fingerprint density at radius 1 is 1.09 bits per heavy atom. The van der Waals surface area contributed by atoms with Crippen molar-refractivity contribution < 1.29 is 14.0 Å². The molecule has 3 amide bonds. The highest BCUT2D eigenvalue weighted by Gasteiger charge is 2.23. The highest BCUT2D eigenvalue weighted by atomic mass is 79.9. The molecule has 174 valence electrons. The van der Waals surface area contributed by atoms with Crippen LogP contribution in [-0.4, -0.2) is 39.7 Å². The Labute approximate surface area is 201 Å². The molecule has 0 spiro atoms. The predicted molar refractivity (Wildman–Crippen MR) is 131 cm³/mol. The zero-order valence-corrected chi connectivity index (χ0v) is 20.6. The Hall–Kier alpha value is -3.20. The van der Waals surface area contributed by atoms with Crippen molar-refractivity contribution in [3.8, 4) is 5.69 Å². The monoisotopic (exact) mass is 515 g/mol. The molecule has 0 unspecified atom stereocenters. The highest BCUT2D eigenvalue weighted by molar-refractivity contribution is 9.10. The number of carbonyl (C=O) groups is 2. The van der Waals surface area contributed by atoms with E-state index in [1.807, 2.05) is 32.9 Å². The molecule has 0 radical (unpaired) electrons. The first-order chi connectivity index (χ1) is 15.6. The lowest BCUT2D eigenvalue weighted by Gasteiger charge is -2.21. The van der Waals surface area contributed by atoms with Crippen molar-refractivity contribution in [1.29, 1.82) is 0 Å². The molecule has 1 heterocycles. The van der Waals surface area contributed by atoms with Gasteiger partial charge in [0.1, 0.15) is 18.2 Å². The summed E-state index contributed by atoms with van der Waals surface area (Å²) in [5.41, 5.74) is 1.74. The SMILES string of the molecule is CCN(CC(=O)Nc1cc(C(C)(C)C)nn1-c1ccc(F)cc1)C(=O)Nc1cccc(Br)c1. The van der Waals surface area contributed by atoms with E-state index in [4.69, 9.17) is 0 Å². The number of hydrogen-bond donors (Lipinski definition) is 2. The summed E-state index contributed by atoms with van der Waals surface area (Å²) in [6.07, 6.45) is 0. The number of benzene rings is 2. The van der Waals surface area contributed by atoms with Crippen molar-refractivity contribution in [1.82, 2.24) is 14.7 Å². The molecule has 33 heavy (non-hydrogen) atoms. The molecule has 1 aromatic heterocycles. The largest absolute Gasteiger partial charge is 0.322 e. The van der Waals surface area contributed by atoms with E-state index in [0.29, 0.717) is 23.7 Å². The van der Waals surface area contributed by atoms with Gasteiger partial charge in [0.2, 0.25) is 5.91 Å². The van der Waals surface area contributed by atoms with Crippen LogP contribution in [0.3, 0.4) is 0 Å². The number of urea groups is 1. The van der Waals surface area contributed by atoms with Crippen LogP contribution in [0, 0.1) is 5.82 Å². The van der Waals surface area contributed by atoms with Gasteiger partial charge in [-0.05, 0) is 49.4 Å². The van der Waals surface area contributed by atoms with Gasteiger partial charge >= 0.3 is 6.03 Å². The number of rotatable bonds is 6. The second-order valence-electron chi connectivity index (χ2n) is 8.56. The number of likely N-dealkylation sites (N-methyl/N-ethyl adjacent to an activating group) is 1. The highest BCUT2D eigenvalue weighted by Crippen LogP contribution is 2.26. The van der Waals surface area contributed by atoms with E-state index in [0.717, 1.165) is 10.2 Å². The van der Waals surface area contributed by atoms with Gasteiger partial charge in [0, 0.05) is 28.2 Å². The molecule has 2 aromatic carbocycles. The van der Waals surface area contributed by atoms with Crippen molar-refractivity contribution in [2.24, 2.45) is 0 Å². The standard InChI is InChI=1S/C24H27BrFN5O2/c1-5-30(23(33)27-18-8-6-7-16(25)13-18)15-22(32)28-21-14-20(24(2,3)4)29-31(21)19-11-9-17(26)10-12-19/h6-14H,5,15H2,1-4H3,(H,27,33)(H,28,32). The third-order valence-electron chi connectivity index (χ3n) is 4.90. The molecule has 0 atom stereocenters. The molecule has 3 aromatic rings. The average Bonchev–Trinajstić information content (AvgIpc) is 3.16. The summed E-state index contributed by atoms with van der Waals surface area (Å²) >= 11 is 3.37. The van der Waals surface area contributed by atoms with Gasteiger partial charge in [-0.2, -0.15) is 5.10 Å². The summed E-state index contributed by atoms with van der Waals surface area (Å²) in [5, 5.41) is 10.3. The Morgan fingerprint density at radius 2 is 1.79 bits per heavy atom. The van der Waals surface area contributed by atoms with Crippen LogP contribution >= 0.6 is 15.9 Å². The summed E-state index contributed by atoms with van der Waals surface area (Å²) in [5.74, 6) is -0.285. The molecule has 0 saturated heterocycles. The molecule has 0 aliphatic carbocycles. The number of halogens is 2. The summed E-state index contributed by atoms with van der Waals surface area (Å²) < 4.78 is 15.8. The number of carbonyl (C=O) groups excluding carboxylic acids is 2. The van der Waals surface area contributed by atoms with Crippen molar-refractivity contribution in [3.05, 3.63) is 70.6 Å². The van der Waals surface area contributed by atoms with E-state index in [-0.39, 0.29) is 29.7 Å². The summed E-state index contributed by atoms with van der Waals surface area (Å²) in [6, 6.07) is 14.5. The van der Waals surface area contributed by atoms with Crippen LogP contribution in [0.1, 0.15) is 33.4 Å². The molecule has 0 bridgehead atoms. The minimum Gasteiger partial charge on any atom is -0.315 e. The quantitative estimate of drug-likeness (QED) is 0.450. The smallest absolute Gasteiger partial charge is 0.315 e. The average molecular weight is 516 g/mol. The van der Waals surface area contributed by atoms with Crippen LogP contribution in [0.4, 0.5) is 20.7 Å². The van der Waals surface area contributed by atoms with Gasteiger partial charge in [-0.15, -0.1) is 0 Å². The number of amides is 3. The third-order valence-corrected chi connectivity index (χ3v) is 5.39.